The third kappa shape index (κ3) is 7.42. The summed E-state index contributed by atoms with van der Waals surface area (Å²) in [4.78, 5) is 72.7. The Kier molecular flexibility index (Phi) is 10.7. The quantitative estimate of drug-likeness (QED) is 0.273. The number of carbonyl (C=O) groups excluding carboxylic acids is 5. The number of nitrogens with one attached hydrogen (secondary N) is 2. The zero-order chi connectivity index (χ0) is 41.8. The number of anilines is 2. The Hall–Kier alpha value is -5.45. The molecular weight excluding hydrogens is 770 g/mol. The fourth-order valence-corrected chi connectivity index (χ4v) is 10.5. The molecule has 0 aromatic heterocycles. The van der Waals surface area contributed by atoms with Crippen molar-refractivity contribution in [2.24, 2.45) is 16.7 Å². The second-order valence-electron chi connectivity index (χ2n) is 17.7. The lowest BCUT2D eigenvalue weighted by molar-refractivity contribution is -0.164. The summed E-state index contributed by atoms with van der Waals surface area (Å²) in [7, 11) is 0. The van der Waals surface area contributed by atoms with Gasteiger partial charge < -0.3 is 19.9 Å². The Morgan fingerprint density at radius 1 is 0.864 bits per heavy atom. The van der Waals surface area contributed by atoms with Crippen molar-refractivity contribution in [1.82, 2.24) is 20.4 Å². The smallest absolute Gasteiger partial charge is 0.262 e. The number of nitriles is 1. The lowest BCUT2D eigenvalue weighted by Crippen LogP contribution is -2.74. The van der Waals surface area contributed by atoms with Crippen LogP contribution in [-0.2, 0) is 9.59 Å². The van der Waals surface area contributed by atoms with Crippen molar-refractivity contribution < 1.29 is 28.7 Å². The van der Waals surface area contributed by atoms with Crippen molar-refractivity contribution in [3.63, 3.8) is 0 Å². The molecule has 14 heteroatoms. The number of amides is 5. The number of ether oxygens (including phenoxy) is 1. The number of fused-ring (bicyclic) bond motifs is 1. The number of piperidine rings is 2. The van der Waals surface area contributed by atoms with E-state index in [-0.39, 0.29) is 47.3 Å². The van der Waals surface area contributed by atoms with E-state index in [1.165, 1.54) is 0 Å². The van der Waals surface area contributed by atoms with Crippen LogP contribution in [0.4, 0.5) is 11.4 Å². The minimum atomic E-state index is -0.982. The third-order valence-electron chi connectivity index (χ3n) is 13.2. The van der Waals surface area contributed by atoms with Crippen LogP contribution in [0.1, 0.15) is 90.0 Å². The first-order chi connectivity index (χ1) is 28.2. The predicted molar refractivity (Wildman–Crippen MR) is 223 cm³/mol. The van der Waals surface area contributed by atoms with E-state index in [4.69, 9.17) is 16.3 Å². The van der Waals surface area contributed by atoms with Gasteiger partial charge in [-0.25, -0.2) is 0 Å². The van der Waals surface area contributed by atoms with Crippen LogP contribution in [0.15, 0.2) is 60.7 Å². The SMILES string of the molecule is CC1(C)C(NC(=O)c2ccccc2N2CCC(CN3CCN(c4ccc5c(c4)C(=O)N(C4CCC(=O)NC4=O)C5=O)CC3)CC2)C(C)(C)C1Oc1ccc(C#N)c(Cl)c1. The van der Waals surface area contributed by atoms with Crippen molar-refractivity contribution in [2.45, 2.75) is 71.6 Å². The molecule has 3 aromatic rings. The fraction of sp³-hybridized carbons (Fsp3) is 0.467. The van der Waals surface area contributed by atoms with Gasteiger partial charge in [0, 0.05) is 86.5 Å². The number of nitrogens with zero attached hydrogens (tertiary/aromatic N) is 5. The minimum absolute atomic E-state index is 0.0857. The van der Waals surface area contributed by atoms with Crippen molar-refractivity contribution >= 4 is 52.5 Å². The van der Waals surface area contributed by atoms with Crippen LogP contribution in [-0.4, -0.2) is 103 Å². The zero-order valence-electron chi connectivity index (χ0n) is 33.9. The molecule has 0 radical (unpaired) electrons. The van der Waals surface area contributed by atoms with Crippen molar-refractivity contribution in [3.8, 4) is 11.8 Å². The lowest BCUT2D eigenvalue weighted by atomic mass is 9.49. The van der Waals surface area contributed by atoms with Gasteiger partial charge >= 0.3 is 0 Å². The van der Waals surface area contributed by atoms with Crippen molar-refractivity contribution in [3.05, 3.63) is 87.9 Å². The van der Waals surface area contributed by atoms with Crippen LogP contribution in [0.5, 0.6) is 5.75 Å². The van der Waals surface area contributed by atoms with Crippen LogP contribution < -0.4 is 25.2 Å². The molecule has 4 aliphatic heterocycles. The van der Waals surface area contributed by atoms with E-state index in [1.807, 2.05) is 30.3 Å². The molecule has 59 heavy (non-hydrogen) atoms. The van der Waals surface area contributed by atoms with Gasteiger partial charge in [-0.2, -0.15) is 5.26 Å². The second kappa shape index (κ2) is 15.6. The summed E-state index contributed by atoms with van der Waals surface area (Å²) < 4.78 is 6.43. The molecule has 5 aliphatic rings. The monoisotopic (exact) mass is 819 g/mol. The van der Waals surface area contributed by atoms with Crippen LogP contribution in [0.3, 0.4) is 0 Å². The second-order valence-corrected chi connectivity index (χ2v) is 18.1. The molecular formula is C45H50ClN7O6. The van der Waals surface area contributed by atoms with Crippen molar-refractivity contribution in [2.75, 3.05) is 55.6 Å². The van der Waals surface area contributed by atoms with E-state index in [1.54, 1.807) is 30.3 Å². The maximum Gasteiger partial charge on any atom is 0.262 e. The normalized spacial score (nSPS) is 24.3. The van der Waals surface area contributed by atoms with E-state index in [2.05, 4.69) is 59.1 Å². The fourth-order valence-electron chi connectivity index (χ4n) is 10.3. The summed E-state index contributed by atoms with van der Waals surface area (Å²) in [5, 5.41) is 15.2. The summed E-state index contributed by atoms with van der Waals surface area (Å²) >= 11 is 6.28. The molecule has 2 N–H and O–H groups in total. The number of halogens is 1. The maximum absolute atomic E-state index is 14.0. The largest absolute Gasteiger partial charge is 0.489 e. The van der Waals surface area contributed by atoms with Gasteiger partial charge in [0.25, 0.3) is 17.7 Å². The lowest BCUT2D eigenvalue weighted by Gasteiger charge is -2.63. The highest BCUT2D eigenvalue weighted by Crippen LogP contribution is 2.55. The number of benzene rings is 3. The highest BCUT2D eigenvalue weighted by atomic mass is 35.5. The predicted octanol–water partition coefficient (Wildman–Crippen LogP) is 5.26. The first kappa shape index (κ1) is 40.3. The van der Waals surface area contributed by atoms with E-state index in [0.717, 1.165) is 74.9 Å². The average Bonchev–Trinajstić information content (AvgIpc) is 3.47. The zero-order valence-corrected chi connectivity index (χ0v) is 34.7. The summed E-state index contributed by atoms with van der Waals surface area (Å²) in [6.07, 6.45) is 2.05. The summed E-state index contributed by atoms with van der Waals surface area (Å²) in [5.74, 6) is -0.975. The molecule has 13 nitrogen and oxygen atoms in total. The molecule has 1 aliphatic carbocycles. The molecule has 4 fully saturated rings. The van der Waals surface area contributed by atoms with Crippen LogP contribution in [0.2, 0.25) is 5.02 Å². The van der Waals surface area contributed by atoms with Gasteiger partial charge in [-0.05, 0) is 67.6 Å². The number of para-hydroxylation sites is 1. The van der Waals surface area contributed by atoms with Crippen LogP contribution in [0, 0.1) is 28.1 Å². The Morgan fingerprint density at radius 2 is 1.56 bits per heavy atom. The molecule has 0 bridgehead atoms. The Morgan fingerprint density at radius 3 is 2.24 bits per heavy atom. The number of hydrogen-bond acceptors (Lipinski definition) is 10. The number of piperazine rings is 1. The standard InChI is InChI=1S/C45H50ClN7O6/c1-44(2)42(45(3,4)43(44)59-30-11-9-28(25-47)34(46)24-30)49-38(55)32-7-5-6-8-35(32)52-17-15-27(16-18-52)26-50-19-21-51(22-20-50)29-10-12-31-33(23-29)41(58)53(40(31)57)36-13-14-37(54)48-39(36)56/h5-12,23-24,27,36,42-43H,13-22,26H2,1-4H3,(H,49,55)(H,48,54,56). The van der Waals surface area contributed by atoms with E-state index in [0.29, 0.717) is 33.4 Å². The van der Waals surface area contributed by atoms with E-state index >= 15 is 0 Å². The van der Waals surface area contributed by atoms with Gasteiger partial charge in [0.05, 0.1) is 27.3 Å². The van der Waals surface area contributed by atoms with Crippen LogP contribution in [0.25, 0.3) is 0 Å². The van der Waals surface area contributed by atoms with Gasteiger partial charge in [0.15, 0.2) is 0 Å². The molecule has 1 unspecified atom stereocenters. The van der Waals surface area contributed by atoms with Gasteiger partial charge in [-0.15, -0.1) is 0 Å². The molecule has 8 rings (SSSR count). The number of hydrogen-bond donors (Lipinski definition) is 2. The highest BCUT2D eigenvalue weighted by Gasteiger charge is 2.64. The topological polar surface area (TPSA) is 155 Å². The minimum Gasteiger partial charge on any atom is -0.489 e. The Labute approximate surface area is 349 Å². The average molecular weight is 820 g/mol. The Balaban J connectivity index is 0.830. The molecule has 1 saturated carbocycles. The summed E-state index contributed by atoms with van der Waals surface area (Å²) in [6, 6.07) is 19.2. The molecule has 4 heterocycles. The highest BCUT2D eigenvalue weighted by molar-refractivity contribution is 6.31. The number of rotatable bonds is 9. The molecule has 3 aromatic carbocycles. The third-order valence-corrected chi connectivity index (χ3v) is 13.5. The number of carbonyl (C=O) groups is 5. The first-order valence-corrected chi connectivity index (χ1v) is 20.9. The van der Waals surface area contributed by atoms with E-state index < -0.39 is 29.7 Å². The maximum atomic E-state index is 14.0. The molecule has 0 spiro atoms. The van der Waals surface area contributed by atoms with Crippen molar-refractivity contribution in [1.29, 1.82) is 5.26 Å². The molecule has 3 saturated heterocycles. The molecule has 308 valence electrons. The summed E-state index contributed by atoms with van der Waals surface area (Å²) in [6.45, 7) is 14.4. The van der Waals surface area contributed by atoms with E-state index in [9.17, 15) is 29.2 Å². The Bertz CT molecular complexity index is 2240. The number of imide groups is 2. The van der Waals surface area contributed by atoms with Gasteiger partial charge in [-0.1, -0.05) is 51.4 Å². The molecule has 5 amide bonds. The van der Waals surface area contributed by atoms with Gasteiger partial charge in [0.2, 0.25) is 11.8 Å². The first-order valence-electron chi connectivity index (χ1n) is 20.5. The van der Waals surface area contributed by atoms with Crippen LogP contribution >= 0.6 is 11.6 Å². The molecule has 1 atom stereocenters. The van der Waals surface area contributed by atoms with Gasteiger partial charge in [0.1, 0.15) is 24.0 Å². The summed E-state index contributed by atoms with van der Waals surface area (Å²) in [5.41, 5.74) is 2.71. The van der Waals surface area contributed by atoms with Gasteiger partial charge in [-0.3, -0.25) is 39.1 Å².